The Balaban J connectivity index is 2.07. The van der Waals surface area contributed by atoms with Crippen LogP contribution in [-0.4, -0.2) is 0 Å². The Kier molecular flexibility index (Phi) is 4.71. The second kappa shape index (κ2) is 6.11. The lowest BCUT2D eigenvalue weighted by Crippen LogP contribution is -2.22. The van der Waals surface area contributed by atoms with Gasteiger partial charge in [-0.25, -0.2) is 8.78 Å². The van der Waals surface area contributed by atoms with Crippen molar-refractivity contribution in [3.8, 4) is 0 Å². The van der Waals surface area contributed by atoms with E-state index in [1.54, 1.807) is 17.4 Å². The van der Waals surface area contributed by atoms with Crippen molar-refractivity contribution < 1.29 is 8.78 Å². The number of nitrogens with one attached hydrogen (secondary N) is 1. The van der Waals surface area contributed by atoms with Crippen LogP contribution in [0.3, 0.4) is 0 Å². The fourth-order valence-electron chi connectivity index (χ4n) is 1.90. The van der Waals surface area contributed by atoms with Crippen molar-refractivity contribution in [2.75, 3.05) is 0 Å². The van der Waals surface area contributed by atoms with Gasteiger partial charge in [-0.1, -0.05) is 6.07 Å². The lowest BCUT2D eigenvalue weighted by Gasteiger charge is -2.19. The highest BCUT2D eigenvalue weighted by Gasteiger charge is 2.14. The van der Waals surface area contributed by atoms with Crippen molar-refractivity contribution in [3.05, 3.63) is 56.2 Å². The monoisotopic (exact) mass is 345 g/mol. The number of halogens is 3. The molecule has 0 radical (unpaired) electrons. The topological polar surface area (TPSA) is 12.0 Å². The third kappa shape index (κ3) is 3.61. The summed E-state index contributed by atoms with van der Waals surface area (Å²) < 4.78 is 27.2. The quantitative estimate of drug-likeness (QED) is 0.802. The molecule has 0 fully saturated rings. The minimum absolute atomic E-state index is 0.0500. The first-order valence-corrected chi connectivity index (χ1v) is 7.54. The molecule has 0 saturated carbocycles. The van der Waals surface area contributed by atoms with Gasteiger partial charge in [0.25, 0.3) is 0 Å². The van der Waals surface area contributed by atoms with Gasteiger partial charge in [-0.2, -0.15) is 0 Å². The highest BCUT2D eigenvalue weighted by Crippen LogP contribution is 2.28. The summed E-state index contributed by atoms with van der Waals surface area (Å²) in [5, 5.41) is 3.37. The number of hydrogen-bond donors (Lipinski definition) is 1. The normalized spacial score (nSPS) is 14.4. The molecule has 0 bridgehead atoms. The Bertz CT molecular complexity index is 570. The molecule has 0 aliphatic carbocycles. The fraction of sp³-hybridized carbons (Fsp3) is 0.286. The van der Waals surface area contributed by atoms with Gasteiger partial charge < -0.3 is 5.32 Å². The standard InChI is InChI=1S/C14H14BrF2NS/c1-8(10-3-4-11(16)12(17)7-10)18-9(2)13-5-6-14(15)19-13/h3-9,18H,1-2H3. The van der Waals surface area contributed by atoms with Crippen LogP contribution in [0.5, 0.6) is 0 Å². The molecule has 0 saturated heterocycles. The predicted molar refractivity (Wildman–Crippen MR) is 78.3 cm³/mol. The first-order valence-electron chi connectivity index (χ1n) is 5.93. The molecule has 1 N–H and O–H groups in total. The maximum atomic E-state index is 13.2. The van der Waals surface area contributed by atoms with Crippen molar-refractivity contribution in [1.82, 2.24) is 5.32 Å². The Morgan fingerprint density at radius 2 is 1.79 bits per heavy atom. The van der Waals surface area contributed by atoms with E-state index in [2.05, 4.69) is 28.2 Å². The highest BCUT2D eigenvalue weighted by atomic mass is 79.9. The molecule has 5 heteroatoms. The highest BCUT2D eigenvalue weighted by molar-refractivity contribution is 9.11. The Labute approximate surface area is 123 Å². The Morgan fingerprint density at radius 3 is 2.37 bits per heavy atom. The van der Waals surface area contributed by atoms with Crippen LogP contribution < -0.4 is 5.32 Å². The molecular formula is C14H14BrF2NS. The molecule has 0 amide bonds. The maximum absolute atomic E-state index is 13.2. The van der Waals surface area contributed by atoms with E-state index in [1.807, 2.05) is 19.1 Å². The predicted octanol–water partition coefficient (Wildman–Crippen LogP) is 5.20. The van der Waals surface area contributed by atoms with Crippen LogP contribution in [0.1, 0.15) is 36.4 Å². The van der Waals surface area contributed by atoms with E-state index in [0.717, 1.165) is 15.4 Å². The zero-order valence-electron chi connectivity index (χ0n) is 10.6. The second-order valence-electron chi connectivity index (χ2n) is 4.43. The third-order valence-corrected chi connectivity index (χ3v) is 4.77. The van der Waals surface area contributed by atoms with E-state index in [-0.39, 0.29) is 12.1 Å². The lowest BCUT2D eigenvalue weighted by atomic mass is 10.1. The van der Waals surface area contributed by atoms with Crippen molar-refractivity contribution in [2.45, 2.75) is 25.9 Å². The SMILES string of the molecule is CC(NC(C)c1ccc(Br)s1)c1ccc(F)c(F)c1. The van der Waals surface area contributed by atoms with Crippen molar-refractivity contribution >= 4 is 27.3 Å². The first-order chi connectivity index (χ1) is 8.97. The van der Waals surface area contributed by atoms with Crippen LogP contribution in [0, 0.1) is 11.6 Å². The third-order valence-electron chi connectivity index (χ3n) is 2.96. The van der Waals surface area contributed by atoms with Crippen molar-refractivity contribution in [2.24, 2.45) is 0 Å². The molecule has 102 valence electrons. The number of rotatable bonds is 4. The molecule has 19 heavy (non-hydrogen) atoms. The molecule has 1 aromatic heterocycles. The van der Waals surface area contributed by atoms with Gasteiger partial charge >= 0.3 is 0 Å². The minimum atomic E-state index is -0.814. The van der Waals surface area contributed by atoms with Gasteiger partial charge in [0.15, 0.2) is 11.6 Å². The van der Waals surface area contributed by atoms with Gasteiger partial charge in [-0.15, -0.1) is 11.3 Å². The molecule has 1 heterocycles. The summed E-state index contributed by atoms with van der Waals surface area (Å²) in [4.78, 5) is 1.20. The van der Waals surface area contributed by atoms with Crippen LogP contribution in [0.25, 0.3) is 0 Å². The molecular weight excluding hydrogens is 332 g/mol. The van der Waals surface area contributed by atoms with Gasteiger partial charge in [0, 0.05) is 17.0 Å². The summed E-state index contributed by atoms with van der Waals surface area (Å²) >= 11 is 5.09. The molecule has 1 nitrogen and oxygen atoms in total. The average Bonchev–Trinajstić information content (AvgIpc) is 2.79. The fourth-order valence-corrected chi connectivity index (χ4v) is 3.33. The Morgan fingerprint density at radius 1 is 1.05 bits per heavy atom. The summed E-state index contributed by atoms with van der Waals surface area (Å²) in [5.41, 5.74) is 0.737. The van der Waals surface area contributed by atoms with Crippen LogP contribution in [0.15, 0.2) is 34.1 Å². The van der Waals surface area contributed by atoms with Crippen LogP contribution >= 0.6 is 27.3 Å². The Hall–Kier alpha value is -0.780. The molecule has 0 aliphatic heterocycles. The lowest BCUT2D eigenvalue weighted by molar-refractivity contribution is 0.483. The molecule has 0 spiro atoms. The molecule has 2 aromatic rings. The summed E-state index contributed by atoms with van der Waals surface area (Å²) in [6.45, 7) is 3.99. The van der Waals surface area contributed by atoms with Crippen LogP contribution in [0.2, 0.25) is 0 Å². The largest absolute Gasteiger partial charge is 0.303 e. The number of benzene rings is 1. The van der Waals surface area contributed by atoms with Crippen molar-refractivity contribution in [1.29, 1.82) is 0 Å². The summed E-state index contributed by atoms with van der Waals surface area (Å²) in [6, 6.07) is 8.16. The molecule has 2 unspecified atom stereocenters. The number of thiophene rings is 1. The van der Waals surface area contributed by atoms with Gasteiger partial charge in [0.2, 0.25) is 0 Å². The molecule has 0 aliphatic rings. The second-order valence-corrected chi connectivity index (χ2v) is 6.92. The zero-order valence-corrected chi connectivity index (χ0v) is 13.0. The van der Waals surface area contributed by atoms with Gasteiger partial charge in [-0.05, 0) is 59.6 Å². The molecule has 2 atom stereocenters. The van der Waals surface area contributed by atoms with Crippen LogP contribution in [-0.2, 0) is 0 Å². The van der Waals surface area contributed by atoms with Crippen molar-refractivity contribution in [3.63, 3.8) is 0 Å². The summed E-state index contributed by atoms with van der Waals surface area (Å²) in [5.74, 6) is -1.62. The maximum Gasteiger partial charge on any atom is 0.159 e. The average molecular weight is 346 g/mol. The van der Waals surface area contributed by atoms with Gasteiger partial charge in [0.05, 0.1) is 3.79 Å². The summed E-state index contributed by atoms with van der Waals surface area (Å²) in [6.07, 6.45) is 0. The summed E-state index contributed by atoms with van der Waals surface area (Å²) in [7, 11) is 0. The van der Waals surface area contributed by atoms with E-state index >= 15 is 0 Å². The number of hydrogen-bond acceptors (Lipinski definition) is 2. The van der Waals surface area contributed by atoms with E-state index in [0.29, 0.717) is 0 Å². The molecule has 1 aromatic carbocycles. The van der Waals surface area contributed by atoms with Gasteiger partial charge in [0.1, 0.15) is 0 Å². The molecule has 2 rings (SSSR count). The van der Waals surface area contributed by atoms with Gasteiger partial charge in [-0.3, -0.25) is 0 Å². The van der Waals surface area contributed by atoms with E-state index in [4.69, 9.17) is 0 Å². The van der Waals surface area contributed by atoms with E-state index < -0.39 is 11.6 Å². The smallest absolute Gasteiger partial charge is 0.159 e. The zero-order chi connectivity index (χ0) is 14.0. The van der Waals surface area contributed by atoms with E-state index in [9.17, 15) is 8.78 Å². The first kappa shape index (κ1) is 14.6. The van der Waals surface area contributed by atoms with Crippen LogP contribution in [0.4, 0.5) is 8.78 Å². The minimum Gasteiger partial charge on any atom is -0.303 e. The van der Waals surface area contributed by atoms with E-state index in [1.165, 1.54) is 10.9 Å².